The Kier molecular flexibility index (Phi) is 4.13. The Labute approximate surface area is 120 Å². The molecule has 0 aliphatic rings. The van der Waals surface area contributed by atoms with E-state index in [2.05, 4.69) is 4.98 Å². The number of carboxylic acid groups (broad SMARTS) is 1. The van der Waals surface area contributed by atoms with Crippen molar-refractivity contribution in [2.75, 3.05) is 0 Å². The number of pyridine rings is 1. The summed E-state index contributed by atoms with van der Waals surface area (Å²) in [5.74, 6) is -0.879. The normalized spacial score (nSPS) is 10.1. The van der Waals surface area contributed by atoms with Crippen molar-refractivity contribution in [3.8, 4) is 5.75 Å². The molecule has 0 bridgehead atoms. The minimum absolute atomic E-state index is 0.0194. The maximum absolute atomic E-state index is 10.9. The molecule has 21 heavy (non-hydrogen) atoms. The van der Waals surface area contributed by atoms with Gasteiger partial charge in [-0.3, -0.25) is 15.1 Å². The van der Waals surface area contributed by atoms with Crippen molar-refractivity contribution >= 4 is 11.7 Å². The van der Waals surface area contributed by atoms with Crippen LogP contribution >= 0.6 is 0 Å². The third kappa shape index (κ3) is 3.33. The molecule has 0 radical (unpaired) electrons. The number of aromatic nitrogens is 1. The standard InChI is InChI=1S/C14H12N2O5/c1-9-3-2-4-12(16(19)20)13(9)21-8-11-6-5-10(7-15-11)14(17)18/h2-7H,8H2,1H3,(H,17,18). The largest absolute Gasteiger partial charge is 0.480 e. The third-order valence-corrected chi connectivity index (χ3v) is 2.82. The number of nitro benzene ring substituents is 1. The number of carbonyl (C=O) groups is 1. The van der Waals surface area contributed by atoms with Gasteiger partial charge in [-0.25, -0.2) is 4.79 Å². The second kappa shape index (κ2) is 6.00. The topological polar surface area (TPSA) is 103 Å². The predicted octanol–water partition coefficient (Wildman–Crippen LogP) is 2.58. The number of aromatic carboxylic acids is 1. The van der Waals surface area contributed by atoms with E-state index in [-0.39, 0.29) is 23.6 Å². The molecule has 0 saturated carbocycles. The van der Waals surface area contributed by atoms with E-state index >= 15 is 0 Å². The van der Waals surface area contributed by atoms with Crippen LogP contribution in [0.5, 0.6) is 5.75 Å². The summed E-state index contributed by atoms with van der Waals surface area (Å²) in [6, 6.07) is 7.57. The molecule has 1 N–H and O–H groups in total. The molecule has 2 aromatic rings. The number of nitrogens with zero attached hydrogens (tertiary/aromatic N) is 2. The van der Waals surface area contributed by atoms with Crippen molar-refractivity contribution in [2.45, 2.75) is 13.5 Å². The maximum atomic E-state index is 10.9. The Morgan fingerprint density at radius 1 is 1.38 bits per heavy atom. The quantitative estimate of drug-likeness (QED) is 0.670. The summed E-state index contributed by atoms with van der Waals surface area (Å²) in [5, 5.41) is 19.7. The number of nitro groups is 1. The summed E-state index contributed by atoms with van der Waals surface area (Å²) in [5.41, 5.74) is 1.08. The van der Waals surface area contributed by atoms with Crippen LogP contribution in [0.3, 0.4) is 0 Å². The summed E-state index contributed by atoms with van der Waals surface area (Å²) < 4.78 is 5.46. The highest BCUT2D eigenvalue weighted by Gasteiger charge is 2.17. The molecule has 0 atom stereocenters. The van der Waals surface area contributed by atoms with Crippen LogP contribution in [0.25, 0.3) is 0 Å². The molecule has 0 aliphatic heterocycles. The van der Waals surface area contributed by atoms with Crippen LogP contribution in [0, 0.1) is 17.0 Å². The van der Waals surface area contributed by atoms with Crippen LogP contribution in [0.4, 0.5) is 5.69 Å². The number of hydrogen-bond acceptors (Lipinski definition) is 5. The van der Waals surface area contributed by atoms with Gasteiger partial charge in [-0.2, -0.15) is 0 Å². The van der Waals surface area contributed by atoms with Crippen LogP contribution in [0.2, 0.25) is 0 Å². The number of ether oxygens (including phenoxy) is 1. The number of rotatable bonds is 5. The number of benzene rings is 1. The number of para-hydroxylation sites is 1. The van der Waals surface area contributed by atoms with Crippen molar-refractivity contribution in [2.24, 2.45) is 0 Å². The molecule has 1 aromatic carbocycles. The fraction of sp³-hybridized carbons (Fsp3) is 0.143. The van der Waals surface area contributed by atoms with Crippen LogP contribution in [-0.2, 0) is 6.61 Å². The van der Waals surface area contributed by atoms with Crippen molar-refractivity contribution in [3.05, 3.63) is 63.5 Å². The van der Waals surface area contributed by atoms with Gasteiger partial charge in [-0.15, -0.1) is 0 Å². The average Bonchev–Trinajstić information content (AvgIpc) is 2.46. The summed E-state index contributed by atoms with van der Waals surface area (Å²) in [7, 11) is 0. The van der Waals surface area contributed by atoms with Gasteiger partial charge in [-0.05, 0) is 24.6 Å². The first-order valence-electron chi connectivity index (χ1n) is 6.04. The van der Waals surface area contributed by atoms with Gasteiger partial charge in [0.2, 0.25) is 0 Å². The van der Waals surface area contributed by atoms with Crippen LogP contribution in [0.15, 0.2) is 36.5 Å². The molecule has 0 spiro atoms. The van der Waals surface area contributed by atoms with Gasteiger partial charge in [0.1, 0.15) is 6.61 Å². The number of carboxylic acids is 1. The molecule has 7 nitrogen and oxygen atoms in total. The first-order chi connectivity index (χ1) is 9.99. The average molecular weight is 288 g/mol. The fourth-order valence-electron chi connectivity index (χ4n) is 1.75. The SMILES string of the molecule is Cc1cccc([N+](=O)[O-])c1OCc1ccc(C(=O)O)cn1. The van der Waals surface area contributed by atoms with Crippen molar-refractivity contribution < 1.29 is 19.6 Å². The minimum Gasteiger partial charge on any atom is -0.480 e. The summed E-state index contributed by atoms with van der Waals surface area (Å²) >= 11 is 0. The Morgan fingerprint density at radius 2 is 2.14 bits per heavy atom. The second-order valence-corrected chi connectivity index (χ2v) is 4.31. The van der Waals surface area contributed by atoms with Gasteiger partial charge >= 0.3 is 11.7 Å². The molecule has 7 heteroatoms. The highest BCUT2D eigenvalue weighted by Crippen LogP contribution is 2.30. The Bertz CT molecular complexity index is 682. The molecule has 0 unspecified atom stereocenters. The second-order valence-electron chi connectivity index (χ2n) is 4.31. The molecule has 1 heterocycles. The van der Waals surface area contributed by atoms with Crippen LogP contribution in [0.1, 0.15) is 21.6 Å². The lowest BCUT2D eigenvalue weighted by Crippen LogP contribution is -2.04. The first kappa shape index (κ1) is 14.4. The zero-order chi connectivity index (χ0) is 15.4. The fourth-order valence-corrected chi connectivity index (χ4v) is 1.75. The van der Waals surface area contributed by atoms with Gasteiger partial charge < -0.3 is 9.84 Å². The summed E-state index contributed by atoms with van der Waals surface area (Å²) in [6.07, 6.45) is 1.22. The van der Waals surface area contributed by atoms with E-state index in [9.17, 15) is 14.9 Å². The molecule has 1 aromatic heterocycles. The van der Waals surface area contributed by atoms with E-state index in [1.54, 1.807) is 19.1 Å². The molecule has 0 saturated heterocycles. The van der Waals surface area contributed by atoms with E-state index in [1.165, 1.54) is 24.4 Å². The van der Waals surface area contributed by atoms with E-state index < -0.39 is 10.9 Å². The van der Waals surface area contributed by atoms with Gasteiger partial charge in [0, 0.05) is 12.3 Å². The lowest BCUT2D eigenvalue weighted by atomic mass is 10.2. The molecular formula is C14H12N2O5. The maximum Gasteiger partial charge on any atom is 0.337 e. The monoisotopic (exact) mass is 288 g/mol. The lowest BCUT2D eigenvalue weighted by molar-refractivity contribution is -0.386. The highest BCUT2D eigenvalue weighted by molar-refractivity contribution is 5.87. The predicted molar refractivity (Wildman–Crippen MR) is 73.4 cm³/mol. The molecule has 0 aliphatic carbocycles. The molecular weight excluding hydrogens is 276 g/mol. The van der Waals surface area contributed by atoms with E-state index in [1.807, 2.05) is 0 Å². The smallest absolute Gasteiger partial charge is 0.337 e. The van der Waals surface area contributed by atoms with E-state index in [4.69, 9.17) is 9.84 Å². The molecule has 108 valence electrons. The first-order valence-corrected chi connectivity index (χ1v) is 6.04. The highest BCUT2D eigenvalue weighted by atomic mass is 16.6. The summed E-state index contributed by atoms with van der Waals surface area (Å²) in [4.78, 5) is 25.1. The third-order valence-electron chi connectivity index (χ3n) is 2.82. The molecule has 2 rings (SSSR count). The Balaban J connectivity index is 2.16. The zero-order valence-corrected chi connectivity index (χ0v) is 11.1. The van der Waals surface area contributed by atoms with Gasteiger partial charge in [0.05, 0.1) is 16.2 Å². The number of hydrogen-bond donors (Lipinski definition) is 1. The zero-order valence-electron chi connectivity index (χ0n) is 11.1. The Hall–Kier alpha value is -2.96. The summed E-state index contributed by atoms with van der Waals surface area (Å²) in [6.45, 7) is 1.73. The molecule has 0 fully saturated rings. The lowest BCUT2D eigenvalue weighted by Gasteiger charge is -2.09. The minimum atomic E-state index is -1.07. The van der Waals surface area contributed by atoms with Crippen molar-refractivity contribution in [3.63, 3.8) is 0 Å². The molecule has 0 amide bonds. The number of aryl methyl sites for hydroxylation is 1. The van der Waals surface area contributed by atoms with Gasteiger partial charge in [0.25, 0.3) is 0 Å². The van der Waals surface area contributed by atoms with E-state index in [0.717, 1.165) is 0 Å². The van der Waals surface area contributed by atoms with E-state index in [0.29, 0.717) is 11.3 Å². The van der Waals surface area contributed by atoms with Crippen molar-refractivity contribution in [1.29, 1.82) is 0 Å². The Morgan fingerprint density at radius 3 is 2.71 bits per heavy atom. The van der Waals surface area contributed by atoms with Crippen molar-refractivity contribution in [1.82, 2.24) is 4.98 Å². The van der Waals surface area contributed by atoms with Crippen LogP contribution < -0.4 is 4.74 Å². The van der Waals surface area contributed by atoms with Gasteiger partial charge in [-0.1, -0.05) is 12.1 Å². The van der Waals surface area contributed by atoms with Crippen LogP contribution in [-0.4, -0.2) is 21.0 Å². The van der Waals surface area contributed by atoms with Gasteiger partial charge in [0.15, 0.2) is 5.75 Å².